The topological polar surface area (TPSA) is 38.9 Å². The maximum atomic E-state index is 6.09. The van der Waals surface area contributed by atoms with E-state index < -0.39 is 0 Å². The second kappa shape index (κ2) is 5.17. The van der Waals surface area contributed by atoms with Gasteiger partial charge >= 0.3 is 0 Å². The number of nitrogen functional groups attached to an aromatic ring is 1. The van der Waals surface area contributed by atoms with E-state index in [0.29, 0.717) is 15.7 Å². The van der Waals surface area contributed by atoms with Crippen molar-refractivity contribution < 1.29 is 0 Å². The summed E-state index contributed by atoms with van der Waals surface area (Å²) < 4.78 is 0. The number of rotatable bonds is 2. The molecule has 0 fully saturated rings. The maximum Gasteiger partial charge on any atom is 0.101 e. The number of nitrogens with two attached hydrogens (primary N) is 1. The Balaban J connectivity index is 2.31. The van der Waals surface area contributed by atoms with Gasteiger partial charge in [-0.25, -0.2) is 4.98 Å². The molecule has 0 amide bonds. The van der Waals surface area contributed by atoms with Gasteiger partial charge in [-0.2, -0.15) is 0 Å². The summed E-state index contributed by atoms with van der Waals surface area (Å²) in [5.41, 5.74) is 7.22. The third-order valence-electron chi connectivity index (χ3n) is 2.21. The molecule has 88 valence electrons. The number of hydrogen-bond donors (Lipinski definition) is 1. The molecule has 1 heterocycles. The number of aromatic nitrogens is 1. The van der Waals surface area contributed by atoms with E-state index in [1.165, 1.54) is 11.8 Å². The van der Waals surface area contributed by atoms with Gasteiger partial charge in [-0.15, -0.1) is 0 Å². The first-order valence-electron chi connectivity index (χ1n) is 4.92. The number of nitrogens with zero attached hydrogens (tertiary/aromatic N) is 1. The van der Waals surface area contributed by atoms with Crippen LogP contribution in [0.2, 0.25) is 10.0 Å². The molecule has 2 nitrogen and oxygen atoms in total. The largest absolute Gasteiger partial charge is 0.397 e. The van der Waals surface area contributed by atoms with E-state index in [2.05, 4.69) is 4.98 Å². The van der Waals surface area contributed by atoms with E-state index >= 15 is 0 Å². The Bertz CT molecular complexity index is 558. The number of anilines is 1. The smallest absolute Gasteiger partial charge is 0.101 e. The molecule has 2 aromatic rings. The highest BCUT2D eigenvalue weighted by Gasteiger charge is 2.06. The fourth-order valence-corrected chi connectivity index (χ4v) is 2.64. The monoisotopic (exact) mass is 284 g/mol. The molecule has 0 aliphatic carbocycles. The number of hydrogen-bond acceptors (Lipinski definition) is 3. The van der Waals surface area contributed by atoms with Crippen molar-refractivity contribution in [3.8, 4) is 0 Å². The van der Waals surface area contributed by atoms with Crippen LogP contribution in [0.5, 0.6) is 0 Å². The van der Waals surface area contributed by atoms with E-state index in [1.54, 1.807) is 12.1 Å². The van der Waals surface area contributed by atoms with Crippen molar-refractivity contribution in [2.24, 2.45) is 0 Å². The minimum Gasteiger partial charge on any atom is -0.397 e. The van der Waals surface area contributed by atoms with Crippen molar-refractivity contribution in [2.45, 2.75) is 16.8 Å². The highest BCUT2D eigenvalue weighted by atomic mass is 35.5. The Morgan fingerprint density at radius 2 is 1.94 bits per heavy atom. The van der Waals surface area contributed by atoms with Crippen LogP contribution < -0.4 is 5.73 Å². The fraction of sp³-hybridized carbons (Fsp3) is 0.0833. The van der Waals surface area contributed by atoms with Crippen molar-refractivity contribution in [3.05, 3.63) is 46.1 Å². The van der Waals surface area contributed by atoms with Crippen LogP contribution in [0.25, 0.3) is 0 Å². The van der Waals surface area contributed by atoms with E-state index in [-0.39, 0.29) is 0 Å². The molecule has 0 unspecified atom stereocenters. The lowest BCUT2D eigenvalue weighted by Gasteiger charge is -2.06. The van der Waals surface area contributed by atoms with Crippen LogP contribution >= 0.6 is 35.0 Å². The zero-order valence-electron chi connectivity index (χ0n) is 9.08. The predicted molar refractivity (Wildman–Crippen MR) is 74.0 cm³/mol. The summed E-state index contributed by atoms with van der Waals surface area (Å²) in [6.45, 7) is 1.87. The van der Waals surface area contributed by atoms with Gasteiger partial charge in [0.05, 0.1) is 16.4 Å². The lowest BCUT2D eigenvalue weighted by molar-refractivity contribution is 1.07. The molecule has 2 rings (SSSR count). The molecule has 0 saturated carbocycles. The number of halogens is 2. The van der Waals surface area contributed by atoms with Gasteiger partial charge in [0.25, 0.3) is 0 Å². The van der Waals surface area contributed by atoms with Crippen molar-refractivity contribution >= 4 is 40.7 Å². The van der Waals surface area contributed by atoms with Gasteiger partial charge in [0, 0.05) is 9.92 Å². The Morgan fingerprint density at radius 3 is 2.65 bits per heavy atom. The summed E-state index contributed by atoms with van der Waals surface area (Å²) in [7, 11) is 0. The first-order valence-corrected chi connectivity index (χ1v) is 6.49. The average molecular weight is 285 g/mol. The standard InChI is InChI=1S/C12H10Cl2N2S/c1-7-10(15)4-5-12(16-7)17-11-6-8(13)2-3-9(11)14/h2-6H,15H2,1H3. The summed E-state index contributed by atoms with van der Waals surface area (Å²) in [5.74, 6) is 0. The summed E-state index contributed by atoms with van der Waals surface area (Å²) in [5, 5.41) is 2.17. The Labute approximate surface area is 114 Å². The molecule has 0 atom stereocenters. The normalized spacial score (nSPS) is 10.5. The third kappa shape index (κ3) is 3.06. The Hall–Kier alpha value is -0.900. The first-order chi connectivity index (χ1) is 8.06. The molecule has 0 aliphatic heterocycles. The van der Waals surface area contributed by atoms with Crippen LogP contribution in [0.4, 0.5) is 5.69 Å². The molecular formula is C12H10Cl2N2S. The lowest BCUT2D eigenvalue weighted by Crippen LogP contribution is -1.93. The molecule has 2 N–H and O–H groups in total. The molecule has 1 aromatic carbocycles. The number of pyridine rings is 1. The lowest BCUT2D eigenvalue weighted by atomic mass is 10.3. The SMILES string of the molecule is Cc1nc(Sc2cc(Cl)ccc2Cl)ccc1N. The van der Waals surface area contributed by atoms with E-state index in [1.807, 2.05) is 25.1 Å². The van der Waals surface area contributed by atoms with Crippen LogP contribution in [0.15, 0.2) is 40.3 Å². The summed E-state index contributed by atoms with van der Waals surface area (Å²) >= 11 is 13.5. The van der Waals surface area contributed by atoms with Crippen LogP contribution in [0.1, 0.15) is 5.69 Å². The quantitative estimate of drug-likeness (QED) is 0.887. The first kappa shape index (κ1) is 12.6. The van der Waals surface area contributed by atoms with Crippen molar-refractivity contribution in [1.29, 1.82) is 0 Å². The molecular weight excluding hydrogens is 275 g/mol. The molecule has 0 spiro atoms. The molecule has 0 saturated heterocycles. The summed E-state index contributed by atoms with van der Waals surface area (Å²) in [4.78, 5) is 5.26. The second-order valence-corrected chi connectivity index (χ2v) is 5.41. The van der Waals surface area contributed by atoms with Crippen LogP contribution in [0.3, 0.4) is 0 Å². The molecule has 1 aromatic heterocycles. The molecule has 0 aliphatic rings. The summed E-state index contributed by atoms with van der Waals surface area (Å²) in [6.07, 6.45) is 0. The molecule has 5 heteroatoms. The fourth-order valence-electron chi connectivity index (χ4n) is 1.27. The summed E-state index contributed by atoms with van der Waals surface area (Å²) in [6, 6.07) is 9.06. The van der Waals surface area contributed by atoms with Gasteiger partial charge in [-0.05, 0) is 37.3 Å². The van der Waals surface area contributed by atoms with Crippen LogP contribution in [0, 0.1) is 6.92 Å². The number of aryl methyl sites for hydroxylation is 1. The molecule has 0 radical (unpaired) electrons. The van der Waals surface area contributed by atoms with Gasteiger partial charge < -0.3 is 5.73 Å². The molecule has 17 heavy (non-hydrogen) atoms. The maximum absolute atomic E-state index is 6.09. The van der Waals surface area contributed by atoms with Gasteiger partial charge in [-0.1, -0.05) is 35.0 Å². The second-order valence-electron chi connectivity index (χ2n) is 3.50. The predicted octanol–water partition coefficient (Wildman–Crippen LogP) is 4.43. The highest BCUT2D eigenvalue weighted by molar-refractivity contribution is 7.99. The van der Waals surface area contributed by atoms with Crippen LogP contribution in [-0.4, -0.2) is 4.98 Å². The van der Waals surface area contributed by atoms with Gasteiger partial charge in [0.15, 0.2) is 0 Å². The van der Waals surface area contributed by atoms with Crippen molar-refractivity contribution in [2.75, 3.05) is 5.73 Å². The van der Waals surface area contributed by atoms with Crippen molar-refractivity contribution in [3.63, 3.8) is 0 Å². The Kier molecular flexibility index (Phi) is 3.82. The molecule has 0 bridgehead atoms. The minimum absolute atomic E-state index is 0.657. The van der Waals surface area contributed by atoms with Gasteiger partial charge in [0.1, 0.15) is 5.03 Å². The van der Waals surface area contributed by atoms with E-state index in [0.717, 1.165) is 15.6 Å². The van der Waals surface area contributed by atoms with Gasteiger partial charge in [0.2, 0.25) is 0 Å². The zero-order valence-corrected chi connectivity index (χ0v) is 11.4. The van der Waals surface area contributed by atoms with E-state index in [4.69, 9.17) is 28.9 Å². The van der Waals surface area contributed by atoms with Crippen molar-refractivity contribution in [1.82, 2.24) is 4.98 Å². The Morgan fingerprint density at radius 1 is 1.18 bits per heavy atom. The number of benzene rings is 1. The van der Waals surface area contributed by atoms with E-state index in [9.17, 15) is 0 Å². The third-order valence-corrected chi connectivity index (χ3v) is 3.88. The zero-order chi connectivity index (χ0) is 12.4. The average Bonchev–Trinajstić information content (AvgIpc) is 2.29. The van der Waals surface area contributed by atoms with Crippen LogP contribution in [-0.2, 0) is 0 Å². The minimum atomic E-state index is 0.657. The van der Waals surface area contributed by atoms with Gasteiger partial charge in [-0.3, -0.25) is 0 Å². The highest BCUT2D eigenvalue weighted by Crippen LogP contribution is 2.34.